The first-order valence-corrected chi connectivity index (χ1v) is 11.0. The maximum absolute atomic E-state index is 12.9. The van der Waals surface area contributed by atoms with Crippen molar-refractivity contribution in [2.75, 3.05) is 11.1 Å². The first-order valence-electron chi connectivity index (χ1n) is 9.48. The Labute approximate surface area is 177 Å². The van der Waals surface area contributed by atoms with E-state index in [0.717, 1.165) is 24.2 Å². The molecule has 0 unspecified atom stereocenters. The second-order valence-electron chi connectivity index (χ2n) is 8.73. The minimum absolute atomic E-state index is 0.0706. The van der Waals surface area contributed by atoms with E-state index in [1.165, 1.54) is 6.07 Å². The number of nitrogens with two attached hydrogens (primary N) is 1. The summed E-state index contributed by atoms with van der Waals surface area (Å²) in [7, 11) is -4.36. The summed E-state index contributed by atoms with van der Waals surface area (Å²) >= 11 is 0. The van der Waals surface area contributed by atoms with Crippen molar-refractivity contribution < 1.29 is 18.3 Å². The maximum atomic E-state index is 12.9. The summed E-state index contributed by atoms with van der Waals surface area (Å²) < 4.78 is 27.2. The Morgan fingerprint density at radius 3 is 2.30 bits per heavy atom. The summed E-state index contributed by atoms with van der Waals surface area (Å²) in [5.41, 5.74) is 5.67. The summed E-state index contributed by atoms with van der Waals surface area (Å²) in [6.45, 7) is 11.9. The minimum Gasteiger partial charge on any atom is -0.508 e. The van der Waals surface area contributed by atoms with Crippen LogP contribution in [0.25, 0.3) is 0 Å². The molecule has 0 aliphatic carbocycles. The van der Waals surface area contributed by atoms with Crippen molar-refractivity contribution in [2.45, 2.75) is 63.9 Å². The van der Waals surface area contributed by atoms with E-state index in [1.54, 1.807) is 6.07 Å². The first-order chi connectivity index (χ1) is 13.6. The van der Waals surface area contributed by atoms with E-state index in [4.69, 9.17) is 5.73 Å². The number of nitrogens with zero attached hydrogens (tertiary/aromatic N) is 2. The predicted molar refractivity (Wildman–Crippen MR) is 116 cm³/mol. The Hall–Kier alpha value is -2.88. The number of carbonyl (C=O) groups is 1. The summed E-state index contributed by atoms with van der Waals surface area (Å²) in [4.78, 5) is 21.1. The molecule has 5 N–H and O–H groups in total. The third kappa shape index (κ3) is 5.59. The van der Waals surface area contributed by atoms with Gasteiger partial charge in [-0.15, -0.1) is 0 Å². The van der Waals surface area contributed by atoms with Crippen molar-refractivity contribution >= 4 is 27.6 Å². The number of amides is 1. The van der Waals surface area contributed by atoms with Gasteiger partial charge < -0.3 is 16.2 Å². The number of hydrogen-bond acceptors (Lipinski definition) is 8. The van der Waals surface area contributed by atoms with Gasteiger partial charge in [-0.1, -0.05) is 27.7 Å². The smallest absolute Gasteiger partial charge is 0.282 e. The van der Waals surface area contributed by atoms with E-state index >= 15 is 0 Å². The molecule has 30 heavy (non-hydrogen) atoms. The number of aromatic hydroxyl groups is 1. The average molecular weight is 436 g/mol. The Kier molecular flexibility index (Phi) is 6.31. The van der Waals surface area contributed by atoms with Gasteiger partial charge in [0, 0.05) is 28.8 Å². The number of rotatable bonds is 6. The molecule has 1 amide bonds. The molecule has 2 aromatic rings. The summed E-state index contributed by atoms with van der Waals surface area (Å²) in [6.07, 6.45) is 0.750. The molecule has 0 radical (unpaired) electrons. The molecule has 0 aromatic carbocycles. The highest BCUT2D eigenvalue weighted by Gasteiger charge is 2.27. The molecular formula is C20H29N5O4S. The van der Waals surface area contributed by atoms with Gasteiger partial charge in [0.05, 0.1) is 5.56 Å². The number of sulfonamides is 1. The number of carbonyl (C=O) groups excluding carboxylic acids is 1. The summed E-state index contributed by atoms with van der Waals surface area (Å²) in [5, 5.41) is 12.3. The molecule has 0 aliphatic heterocycles. The summed E-state index contributed by atoms with van der Waals surface area (Å²) in [5.74, 6) is -1.16. The second kappa shape index (κ2) is 8.10. The lowest BCUT2D eigenvalue weighted by Crippen LogP contribution is -2.35. The molecule has 0 spiro atoms. The van der Waals surface area contributed by atoms with Crippen LogP contribution in [0.5, 0.6) is 5.75 Å². The van der Waals surface area contributed by atoms with Gasteiger partial charge in [-0.2, -0.15) is 8.42 Å². The zero-order valence-corrected chi connectivity index (χ0v) is 18.9. The number of nitrogens with one attached hydrogen (secondary N) is 2. The zero-order valence-electron chi connectivity index (χ0n) is 18.1. The monoisotopic (exact) mass is 435 g/mol. The normalized spacial score (nSPS) is 12.5. The van der Waals surface area contributed by atoms with Gasteiger partial charge in [0.1, 0.15) is 17.4 Å². The van der Waals surface area contributed by atoms with Gasteiger partial charge in [0.2, 0.25) is 0 Å². The lowest BCUT2D eigenvalue weighted by molar-refractivity contribution is 0.0981. The van der Waals surface area contributed by atoms with E-state index in [-0.39, 0.29) is 33.9 Å². The zero-order chi connectivity index (χ0) is 22.9. The van der Waals surface area contributed by atoms with Crippen molar-refractivity contribution in [1.82, 2.24) is 14.7 Å². The van der Waals surface area contributed by atoms with Gasteiger partial charge in [-0.3, -0.25) is 4.79 Å². The molecule has 0 fully saturated rings. The molecule has 0 bridgehead atoms. The Morgan fingerprint density at radius 2 is 1.77 bits per heavy atom. The van der Waals surface area contributed by atoms with Crippen molar-refractivity contribution in [1.29, 1.82) is 0 Å². The minimum atomic E-state index is -4.36. The van der Waals surface area contributed by atoms with Crippen LogP contribution in [-0.4, -0.2) is 34.9 Å². The largest absolute Gasteiger partial charge is 0.508 e. The van der Waals surface area contributed by atoms with Gasteiger partial charge in [-0.05, 0) is 32.4 Å². The highest BCUT2D eigenvalue weighted by molar-refractivity contribution is 7.90. The molecule has 2 rings (SSSR count). The SMILES string of the molecule is CCC(C)(C)Nc1nc(C(C)(C)C)ccc1C(=O)NS(=O)(=O)c1cc(O)cc(N)n1. The fourth-order valence-electron chi connectivity index (χ4n) is 2.44. The number of nitrogen functional groups attached to an aromatic ring is 1. The van der Waals surface area contributed by atoms with Crippen LogP contribution >= 0.6 is 0 Å². The van der Waals surface area contributed by atoms with Crippen molar-refractivity contribution in [3.63, 3.8) is 0 Å². The first kappa shape index (κ1) is 23.4. The second-order valence-corrected chi connectivity index (χ2v) is 10.4. The van der Waals surface area contributed by atoms with Crippen molar-refractivity contribution in [3.05, 3.63) is 35.5 Å². The Morgan fingerprint density at radius 1 is 1.13 bits per heavy atom. The fourth-order valence-corrected chi connectivity index (χ4v) is 3.40. The Bertz CT molecular complexity index is 1040. The van der Waals surface area contributed by atoms with Crippen LogP contribution < -0.4 is 15.8 Å². The molecule has 0 aliphatic rings. The van der Waals surface area contributed by atoms with Crippen LogP contribution in [0.15, 0.2) is 29.3 Å². The van der Waals surface area contributed by atoms with Crippen LogP contribution in [0.2, 0.25) is 0 Å². The van der Waals surface area contributed by atoms with E-state index in [0.29, 0.717) is 0 Å². The molecule has 164 valence electrons. The molecule has 2 aromatic heterocycles. The quantitative estimate of drug-likeness (QED) is 0.541. The molecule has 9 nitrogen and oxygen atoms in total. The van der Waals surface area contributed by atoms with Crippen LogP contribution in [0.4, 0.5) is 11.6 Å². The maximum Gasteiger partial charge on any atom is 0.282 e. The Balaban J connectivity index is 2.47. The van der Waals surface area contributed by atoms with E-state index in [2.05, 4.69) is 15.3 Å². The number of anilines is 2. The molecule has 2 heterocycles. The van der Waals surface area contributed by atoms with E-state index in [9.17, 15) is 18.3 Å². The third-order valence-electron chi connectivity index (χ3n) is 4.56. The van der Waals surface area contributed by atoms with Gasteiger partial charge in [0.25, 0.3) is 15.9 Å². The highest BCUT2D eigenvalue weighted by Crippen LogP contribution is 2.27. The number of aromatic nitrogens is 2. The van der Waals surface area contributed by atoms with Crippen LogP contribution in [0.1, 0.15) is 64.0 Å². The number of hydrogen-bond donors (Lipinski definition) is 4. The van der Waals surface area contributed by atoms with Crippen LogP contribution in [0.3, 0.4) is 0 Å². The third-order valence-corrected chi connectivity index (χ3v) is 5.77. The topological polar surface area (TPSA) is 147 Å². The van der Waals surface area contributed by atoms with E-state index < -0.39 is 21.0 Å². The molecule has 0 atom stereocenters. The average Bonchev–Trinajstić information content (AvgIpc) is 2.59. The standard InChI is InChI=1S/C20H29N5O4S/c1-7-20(5,6)24-17-13(8-9-14(22-17)19(2,3)4)18(27)25-30(28,29)16-11-12(26)10-15(21)23-16/h8-11H,7H2,1-6H3,(H,22,24)(H,25,27)(H3,21,23,26). The van der Waals surface area contributed by atoms with Gasteiger partial charge >= 0.3 is 0 Å². The number of pyridine rings is 2. The van der Waals surface area contributed by atoms with E-state index in [1.807, 2.05) is 46.3 Å². The molecule has 10 heteroatoms. The highest BCUT2D eigenvalue weighted by atomic mass is 32.2. The van der Waals surface area contributed by atoms with Crippen molar-refractivity contribution in [2.24, 2.45) is 0 Å². The van der Waals surface area contributed by atoms with Crippen LogP contribution in [-0.2, 0) is 15.4 Å². The fraction of sp³-hybridized carbons (Fsp3) is 0.450. The summed E-state index contributed by atoms with van der Waals surface area (Å²) in [6, 6.07) is 5.24. The van der Waals surface area contributed by atoms with Gasteiger partial charge in [0.15, 0.2) is 5.03 Å². The van der Waals surface area contributed by atoms with Crippen molar-refractivity contribution in [3.8, 4) is 5.75 Å². The van der Waals surface area contributed by atoms with Crippen LogP contribution in [0, 0.1) is 0 Å². The predicted octanol–water partition coefficient (Wildman–Crippen LogP) is 2.78. The molecule has 0 saturated carbocycles. The molecular weight excluding hydrogens is 406 g/mol. The molecule has 0 saturated heterocycles. The van der Waals surface area contributed by atoms with Gasteiger partial charge in [-0.25, -0.2) is 14.7 Å². The lowest BCUT2D eigenvalue weighted by atomic mass is 9.91. The lowest BCUT2D eigenvalue weighted by Gasteiger charge is -2.28.